The third kappa shape index (κ3) is 2.13. The highest BCUT2D eigenvalue weighted by Crippen LogP contribution is 2.19. The summed E-state index contributed by atoms with van der Waals surface area (Å²) in [4.78, 5) is 2.48. The normalized spacial score (nSPS) is 21.6. The molecule has 0 amide bonds. The van der Waals surface area contributed by atoms with Crippen molar-refractivity contribution in [2.24, 2.45) is 7.05 Å². The van der Waals surface area contributed by atoms with Crippen LogP contribution in [0.25, 0.3) is 10.9 Å². The highest BCUT2D eigenvalue weighted by Gasteiger charge is 2.18. The Bertz CT molecular complexity index is 546. The fourth-order valence-electron chi connectivity index (χ4n) is 2.77. The molecular weight excluding hydrogens is 224 g/mol. The maximum Gasteiger partial charge on any atom is 0.0843 e. The van der Waals surface area contributed by atoms with Crippen molar-refractivity contribution in [3.05, 3.63) is 30.0 Å². The molecule has 1 aromatic heterocycles. The number of hydrogen-bond acceptors (Lipinski definition) is 3. The van der Waals surface area contributed by atoms with Gasteiger partial charge in [-0.3, -0.25) is 9.58 Å². The Labute approximate surface area is 108 Å². The quantitative estimate of drug-likeness (QED) is 0.866. The predicted octanol–water partition coefficient (Wildman–Crippen LogP) is 1.37. The van der Waals surface area contributed by atoms with Crippen LogP contribution in [-0.2, 0) is 13.6 Å². The molecule has 0 bridgehead atoms. The first-order chi connectivity index (χ1) is 8.74. The molecule has 4 heteroatoms. The molecular formula is C14H20N4. The SMILES string of the molecule is C[C@@H]1CN(Cc2nn(C)c3ccccc23)CCN1. The van der Waals surface area contributed by atoms with Crippen LogP contribution < -0.4 is 5.32 Å². The van der Waals surface area contributed by atoms with E-state index in [1.54, 1.807) is 0 Å². The molecule has 0 spiro atoms. The van der Waals surface area contributed by atoms with Gasteiger partial charge < -0.3 is 5.32 Å². The molecule has 1 aliphatic heterocycles. The van der Waals surface area contributed by atoms with Crippen molar-refractivity contribution in [1.82, 2.24) is 20.0 Å². The van der Waals surface area contributed by atoms with Crippen LogP contribution in [0.1, 0.15) is 12.6 Å². The van der Waals surface area contributed by atoms with Gasteiger partial charge in [0.05, 0.1) is 11.2 Å². The lowest BCUT2D eigenvalue weighted by atomic mass is 10.2. The molecule has 18 heavy (non-hydrogen) atoms. The van der Waals surface area contributed by atoms with Gasteiger partial charge in [0.2, 0.25) is 0 Å². The molecule has 3 rings (SSSR count). The van der Waals surface area contributed by atoms with E-state index in [4.69, 9.17) is 0 Å². The zero-order valence-electron chi connectivity index (χ0n) is 11.1. The number of aryl methyl sites for hydroxylation is 1. The summed E-state index contributed by atoms with van der Waals surface area (Å²) in [5.74, 6) is 0. The first kappa shape index (κ1) is 11.7. The number of rotatable bonds is 2. The summed E-state index contributed by atoms with van der Waals surface area (Å²) in [6, 6.07) is 9.04. The molecule has 96 valence electrons. The minimum Gasteiger partial charge on any atom is -0.312 e. The second kappa shape index (κ2) is 4.71. The summed E-state index contributed by atoms with van der Waals surface area (Å²) >= 11 is 0. The fraction of sp³-hybridized carbons (Fsp3) is 0.500. The lowest BCUT2D eigenvalue weighted by molar-refractivity contribution is 0.198. The number of piperazine rings is 1. The molecule has 0 aliphatic carbocycles. The molecule has 1 aromatic carbocycles. The predicted molar refractivity (Wildman–Crippen MR) is 73.5 cm³/mol. The van der Waals surface area contributed by atoms with Crippen LogP contribution in [0.4, 0.5) is 0 Å². The largest absolute Gasteiger partial charge is 0.312 e. The molecule has 2 aromatic rings. The monoisotopic (exact) mass is 244 g/mol. The summed E-state index contributed by atoms with van der Waals surface area (Å²) < 4.78 is 1.98. The van der Waals surface area contributed by atoms with E-state index in [1.807, 2.05) is 11.7 Å². The zero-order chi connectivity index (χ0) is 12.5. The Morgan fingerprint density at radius 3 is 3.06 bits per heavy atom. The van der Waals surface area contributed by atoms with Gasteiger partial charge in [0.15, 0.2) is 0 Å². The van der Waals surface area contributed by atoms with Gasteiger partial charge in [-0.25, -0.2) is 0 Å². The number of hydrogen-bond donors (Lipinski definition) is 1. The first-order valence-corrected chi connectivity index (χ1v) is 6.60. The van der Waals surface area contributed by atoms with Crippen LogP contribution >= 0.6 is 0 Å². The molecule has 0 radical (unpaired) electrons. The molecule has 0 unspecified atom stereocenters. The van der Waals surface area contributed by atoms with E-state index in [9.17, 15) is 0 Å². The van der Waals surface area contributed by atoms with E-state index < -0.39 is 0 Å². The van der Waals surface area contributed by atoms with E-state index in [0.717, 1.165) is 26.2 Å². The maximum atomic E-state index is 4.66. The molecule has 1 saturated heterocycles. The standard InChI is InChI=1S/C14H20N4/c1-11-9-18(8-7-15-11)10-13-12-5-3-4-6-14(12)17(2)16-13/h3-6,11,15H,7-10H2,1-2H3/t11-/m1/s1. The third-order valence-corrected chi connectivity index (χ3v) is 3.66. The summed E-state index contributed by atoms with van der Waals surface area (Å²) in [6.07, 6.45) is 0. The average molecular weight is 244 g/mol. The summed E-state index contributed by atoms with van der Waals surface area (Å²) in [5.41, 5.74) is 2.41. The van der Waals surface area contributed by atoms with Crippen LogP contribution in [0.15, 0.2) is 24.3 Å². The molecule has 0 saturated carbocycles. The summed E-state index contributed by atoms with van der Waals surface area (Å²) in [5, 5.41) is 9.42. The van der Waals surface area contributed by atoms with Crippen molar-refractivity contribution in [3.8, 4) is 0 Å². The Hall–Kier alpha value is -1.39. The molecule has 1 aliphatic rings. The number of nitrogens with one attached hydrogen (secondary N) is 1. The number of para-hydroxylation sites is 1. The van der Waals surface area contributed by atoms with Gasteiger partial charge in [-0.1, -0.05) is 18.2 Å². The number of nitrogens with zero attached hydrogens (tertiary/aromatic N) is 3. The van der Waals surface area contributed by atoms with Crippen molar-refractivity contribution in [2.45, 2.75) is 19.5 Å². The Balaban J connectivity index is 1.86. The van der Waals surface area contributed by atoms with Gasteiger partial charge in [0.25, 0.3) is 0 Å². The smallest absolute Gasteiger partial charge is 0.0843 e. The van der Waals surface area contributed by atoms with Crippen LogP contribution in [0.3, 0.4) is 0 Å². The average Bonchev–Trinajstić information content (AvgIpc) is 2.67. The summed E-state index contributed by atoms with van der Waals surface area (Å²) in [6.45, 7) is 6.47. The number of aromatic nitrogens is 2. The van der Waals surface area contributed by atoms with Crippen molar-refractivity contribution >= 4 is 10.9 Å². The van der Waals surface area contributed by atoms with Gasteiger partial charge in [0.1, 0.15) is 0 Å². The lowest BCUT2D eigenvalue weighted by Gasteiger charge is -2.31. The summed E-state index contributed by atoms with van der Waals surface area (Å²) in [7, 11) is 2.02. The third-order valence-electron chi connectivity index (χ3n) is 3.66. The van der Waals surface area contributed by atoms with Gasteiger partial charge >= 0.3 is 0 Å². The van der Waals surface area contributed by atoms with Crippen LogP contribution in [0, 0.1) is 0 Å². The lowest BCUT2D eigenvalue weighted by Crippen LogP contribution is -2.48. The first-order valence-electron chi connectivity index (χ1n) is 6.60. The second-order valence-electron chi connectivity index (χ2n) is 5.18. The Morgan fingerprint density at radius 1 is 1.39 bits per heavy atom. The minimum atomic E-state index is 0.578. The van der Waals surface area contributed by atoms with Crippen molar-refractivity contribution in [3.63, 3.8) is 0 Å². The molecule has 4 nitrogen and oxygen atoms in total. The highest BCUT2D eigenvalue weighted by molar-refractivity contribution is 5.81. The topological polar surface area (TPSA) is 33.1 Å². The van der Waals surface area contributed by atoms with Gasteiger partial charge in [-0.15, -0.1) is 0 Å². The van der Waals surface area contributed by atoms with E-state index in [-0.39, 0.29) is 0 Å². The number of benzene rings is 1. The van der Waals surface area contributed by atoms with Gasteiger partial charge in [-0.2, -0.15) is 5.10 Å². The maximum absolute atomic E-state index is 4.66. The van der Waals surface area contributed by atoms with Gasteiger partial charge in [-0.05, 0) is 13.0 Å². The van der Waals surface area contributed by atoms with Crippen LogP contribution in [0.5, 0.6) is 0 Å². The highest BCUT2D eigenvalue weighted by atomic mass is 15.3. The molecule has 1 N–H and O–H groups in total. The van der Waals surface area contributed by atoms with E-state index >= 15 is 0 Å². The zero-order valence-corrected chi connectivity index (χ0v) is 11.1. The fourth-order valence-corrected chi connectivity index (χ4v) is 2.77. The molecule has 2 heterocycles. The van der Waals surface area contributed by atoms with Crippen molar-refractivity contribution in [2.75, 3.05) is 19.6 Å². The van der Waals surface area contributed by atoms with E-state index in [0.29, 0.717) is 6.04 Å². The minimum absolute atomic E-state index is 0.578. The van der Waals surface area contributed by atoms with Crippen molar-refractivity contribution < 1.29 is 0 Å². The van der Waals surface area contributed by atoms with E-state index in [1.165, 1.54) is 16.6 Å². The van der Waals surface area contributed by atoms with Crippen molar-refractivity contribution in [1.29, 1.82) is 0 Å². The molecule has 1 fully saturated rings. The Kier molecular flexibility index (Phi) is 3.06. The van der Waals surface area contributed by atoms with Gasteiger partial charge in [0, 0.05) is 44.7 Å². The van der Waals surface area contributed by atoms with E-state index in [2.05, 4.69) is 46.5 Å². The number of fused-ring (bicyclic) bond motifs is 1. The molecule has 1 atom stereocenters. The van der Waals surface area contributed by atoms with Crippen LogP contribution in [-0.4, -0.2) is 40.4 Å². The van der Waals surface area contributed by atoms with Crippen LogP contribution in [0.2, 0.25) is 0 Å². The second-order valence-corrected chi connectivity index (χ2v) is 5.18. The Morgan fingerprint density at radius 2 is 2.22 bits per heavy atom.